The number of carbonyl (C=O) groups excluding carboxylic acids is 2. The molecular formula is C25H29F2N3O3. The zero-order chi connectivity index (χ0) is 23.8. The minimum atomic E-state index is -2.56. The molecule has 0 saturated heterocycles. The zero-order valence-electron chi connectivity index (χ0n) is 18.9. The largest absolute Gasteiger partial charge is 0.495 e. The van der Waals surface area contributed by atoms with Gasteiger partial charge < -0.3 is 15.4 Å². The van der Waals surface area contributed by atoms with Gasteiger partial charge in [-0.15, -0.1) is 0 Å². The molecule has 0 spiro atoms. The number of halogens is 2. The highest BCUT2D eigenvalue weighted by Gasteiger charge is 2.33. The van der Waals surface area contributed by atoms with Crippen LogP contribution in [0.2, 0.25) is 0 Å². The van der Waals surface area contributed by atoms with Gasteiger partial charge in [0, 0.05) is 32.0 Å². The summed E-state index contributed by atoms with van der Waals surface area (Å²) in [6.45, 7) is 0.287. The molecule has 0 radical (unpaired) electrons. The van der Waals surface area contributed by atoms with Gasteiger partial charge in [-0.1, -0.05) is 36.4 Å². The number of amides is 2. The second kappa shape index (κ2) is 11.0. The van der Waals surface area contributed by atoms with Gasteiger partial charge in [-0.2, -0.15) is 0 Å². The molecule has 0 aliphatic heterocycles. The minimum absolute atomic E-state index is 0.0711. The number of benzene rings is 1. The molecule has 0 bridgehead atoms. The van der Waals surface area contributed by atoms with E-state index >= 15 is 0 Å². The molecule has 1 heterocycles. The van der Waals surface area contributed by atoms with E-state index in [0.29, 0.717) is 24.2 Å². The zero-order valence-corrected chi connectivity index (χ0v) is 18.9. The van der Waals surface area contributed by atoms with Crippen molar-refractivity contribution in [2.75, 3.05) is 14.2 Å². The fraction of sp³-hybridized carbons (Fsp3) is 0.400. The smallest absolute Gasteiger partial charge is 0.270 e. The summed E-state index contributed by atoms with van der Waals surface area (Å²) in [7, 11) is 3.10. The van der Waals surface area contributed by atoms with Crippen molar-refractivity contribution in [1.82, 2.24) is 15.6 Å². The van der Waals surface area contributed by atoms with Crippen LogP contribution in [0.15, 0.2) is 42.6 Å². The monoisotopic (exact) mass is 457 g/mol. The number of ether oxygens (including phenoxy) is 1. The van der Waals surface area contributed by atoms with E-state index < -0.39 is 5.92 Å². The van der Waals surface area contributed by atoms with E-state index in [1.54, 1.807) is 13.1 Å². The summed E-state index contributed by atoms with van der Waals surface area (Å²) in [6.07, 6.45) is 6.13. The number of hydrogen-bond acceptors (Lipinski definition) is 4. The number of likely N-dealkylation sites (N-methyl/N-ethyl adjacent to an activating group) is 1. The maximum atomic E-state index is 13.4. The second-order valence-electron chi connectivity index (χ2n) is 8.22. The third-order valence-electron chi connectivity index (χ3n) is 5.75. The van der Waals surface area contributed by atoms with Crippen LogP contribution in [0, 0.1) is 5.92 Å². The minimum Gasteiger partial charge on any atom is -0.495 e. The molecule has 2 amide bonds. The van der Waals surface area contributed by atoms with E-state index in [9.17, 15) is 18.4 Å². The Kier molecular flexibility index (Phi) is 8.14. The molecule has 0 unspecified atom stereocenters. The molecule has 1 aliphatic carbocycles. The van der Waals surface area contributed by atoms with Crippen LogP contribution in [-0.2, 0) is 17.8 Å². The number of alkyl halides is 2. The van der Waals surface area contributed by atoms with Crippen LogP contribution < -0.4 is 15.4 Å². The van der Waals surface area contributed by atoms with E-state index in [1.807, 2.05) is 36.4 Å². The highest BCUT2D eigenvalue weighted by Crippen LogP contribution is 2.37. The van der Waals surface area contributed by atoms with E-state index in [2.05, 4.69) is 15.6 Å². The Labute approximate surface area is 192 Å². The van der Waals surface area contributed by atoms with Crippen LogP contribution in [-0.4, -0.2) is 36.9 Å². The first-order chi connectivity index (χ1) is 15.8. The number of pyridine rings is 1. The third-order valence-corrected chi connectivity index (χ3v) is 5.75. The summed E-state index contributed by atoms with van der Waals surface area (Å²) in [6, 6.07) is 9.08. The number of nitrogens with zero attached hydrogens (tertiary/aromatic N) is 1. The summed E-state index contributed by atoms with van der Waals surface area (Å²) in [4.78, 5) is 28.4. The molecule has 1 aliphatic rings. The van der Waals surface area contributed by atoms with Crippen molar-refractivity contribution < 1.29 is 23.1 Å². The van der Waals surface area contributed by atoms with Gasteiger partial charge in [0.05, 0.1) is 19.7 Å². The van der Waals surface area contributed by atoms with E-state index in [4.69, 9.17) is 4.74 Å². The Hall–Kier alpha value is -3.29. The Morgan fingerprint density at radius 1 is 1.21 bits per heavy atom. The number of methoxy groups -OCH3 is 1. The van der Waals surface area contributed by atoms with E-state index in [1.165, 1.54) is 13.3 Å². The van der Waals surface area contributed by atoms with Gasteiger partial charge in [-0.3, -0.25) is 9.59 Å². The fourth-order valence-electron chi connectivity index (χ4n) is 3.77. The van der Waals surface area contributed by atoms with Crippen molar-refractivity contribution in [1.29, 1.82) is 0 Å². The highest BCUT2D eigenvalue weighted by atomic mass is 19.3. The first-order valence-electron chi connectivity index (χ1n) is 11.0. The van der Waals surface area contributed by atoms with Crippen LogP contribution in [0.1, 0.15) is 52.9 Å². The molecule has 2 aromatic rings. The Bertz CT molecular complexity index is 1010. The lowest BCUT2D eigenvalue weighted by molar-refractivity contribution is -0.119. The molecular weight excluding hydrogens is 428 g/mol. The Morgan fingerprint density at radius 3 is 2.64 bits per heavy atom. The molecule has 176 valence electrons. The SMILES string of the molecule is CNC(=O)Cc1cccc(CNC(=O)c2cc(/C=C/C3CCC(F)(F)CC3)c(OC)cn2)c1. The van der Waals surface area contributed by atoms with Crippen LogP contribution >= 0.6 is 0 Å². The normalized spacial score (nSPS) is 15.9. The van der Waals surface area contributed by atoms with Crippen molar-refractivity contribution in [3.05, 3.63) is 65.0 Å². The van der Waals surface area contributed by atoms with Gasteiger partial charge in [-0.05, 0) is 36.0 Å². The van der Waals surface area contributed by atoms with Crippen LogP contribution in [0.5, 0.6) is 5.75 Å². The molecule has 8 heteroatoms. The second-order valence-corrected chi connectivity index (χ2v) is 8.22. The lowest BCUT2D eigenvalue weighted by atomic mass is 9.86. The van der Waals surface area contributed by atoms with Gasteiger partial charge in [0.1, 0.15) is 11.4 Å². The van der Waals surface area contributed by atoms with Crippen molar-refractivity contribution in [2.45, 2.75) is 44.6 Å². The van der Waals surface area contributed by atoms with Gasteiger partial charge in [0.2, 0.25) is 11.8 Å². The molecule has 1 fully saturated rings. The quantitative estimate of drug-likeness (QED) is 0.624. The topological polar surface area (TPSA) is 80.3 Å². The van der Waals surface area contributed by atoms with E-state index in [0.717, 1.165) is 11.1 Å². The summed E-state index contributed by atoms with van der Waals surface area (Å²) >= 11 is 0. The summed E-state index contributed by atoms with van der Waals surface area (Å²) in [5, 5.41) is 5.43. The molecule has 1 aromatic heterocycles. The van der Waals surface area contributed by atoms with Gasteiger partial charge in [-0.25, -0.2) is 13.8 Å². The first-order valence-corrected chi connectivity index (χ1v) is 11.0. The number of nitrogens with one attached hydrogen (secondary N) is 2. The Morgan fingerprint density at radius 2 is 1.94 bits per heavy atom. The number of carbonyl (C=O) groups is 2. The van der Waals surface area contributed by atoms with Crippen LogP contribution in [0.3, 0.4) is 0 Å². The van der Waals surface area contributed by atoms with Gasteiger partial charge >= 0.3 is 0 Å². The third kappa shape index (κ3) is 7.10. The molecule has 1 aromatic carbocycles. The number of rotatable bonds is 8. The lowest BCUT2D eigenvalue weighted by Gasteiger charge is -2.26. The van der Waals surface area contributed by atoms with Crippen LogP contribution in [0.4, 0.5) is 8.78 Å². The Balaban J connectivity index is 1.64. The summed E-state index contributed by atoms with van der Waals surface area (Å²) in [5.41, 5.74) is 2.62. The number of hydrogen-bond donors (Lipinski definition) is 2. The van der Waals surface area contributed by atoms with Crippen molar-refractivity contribution in [3.63, 3.8) is 0 Å². The number of aromatic nitrogens is 1. The van der Waals surface area contributed by atoms with Crippen molar-refractivity contribution in [3.8, 4) is 5.75 Å². The fourth-order valence-corrected chi connectivity index (χ4v) is 3.77. The molecule has 0 atom stereocenters. The lowest BCUT2D eigenvalue weighted by Crippen LogP contribution is -2.24. The van der Waals surface area contributed by atoms with E-state index in [-0.39, 0.29) is 49.2 Å². The van der Waals surface area contributed by atoms with Crippen molar-refractivity contribution >= 4 is 17.9 Å². The molecule has 6 nitrogen and oxygen atoms in total. The molecule has 3 rings (SSSR count). The molecule has 1 saturated carbocycles. The standard InChI is InChI=1S/C25H29F2N3O3/c1-28-23(31)13-18-4-3-5-19(12-18)15-30-24(32)21-14-20(22(33-2)16-29-21)7-6-17-8-10-25(26,27)11-9-17/h3-7,12,14,16-17H,8-11,13,15H2,1-2H3,(H,28,31)(H,30,32)/b7-6+. The predicted octanol–water partition coefficient (Wildman–Crippen LogP) is 4.15. The van der Waals surface area contributed by atoms with Gasteiger partial charge in [0.25, 0.3) is 5.91 Å². The highest BCUT2D eigenvalue weighted by molar-refractivity contribution is 5.93. The van der Waals surface area contributed by atoms with Gasteiger partial charge in [0.15, 0.2) is 0 Å². The summed E-state index contributed by atoms with van der Waals surface area (Å²) in [5.74, 6) is -2.42. The maximum absolute atomic E-state index is 13.4. The van der Waals surface area contributed by atoms with Crippen LogP contribution in [0.25, 0.3) is 6.08 Å². The van der Waals surface area contributed by atoms with Crippen molar-refractivity contribution in [2.24, 2.45) is 5.92 Å². The molecule has 2 N–H and O–H groups in total. The number of allylic oxidation sites excluding steroid dienone is 1. The summed E-state index contributed by atoms with van der Waals surface area (Å²) < 4.78 is 32.1. The average molecular weight is 458 g/mol. The average Bonchev–Trinajstić information content (AvgIpc) is 2.81. The predicted molar refractivity (Wildman–Crippen MR) is 122 cm³/mol. The molecule has 33 heavy (non-hydrogen) atoms. The maximum Gasteiger partial charge on any atom is 0.270 e. The first kappa shape index (κ1) is 24.4.